The summed E-state index contributed by atoms with van der Waals surface area (Å²) in [6, 6.07) is 0. The topological polar surface area (TPSA) is 20.2 Å². The maximum atomic E-state index is 9.76. The smallest absolute Gasteiger partial charge is 0.0676 e. The lowest BCUT2D eigenvalue weighted by Crippen LogP contribution is -2.45. The normalized spacial score (nSPS) is 38.8. The quantitative estimate of drug-likeness (QED) is 0.595. The van der Waals surface area contributed by atoms with Gasteiger partial charge in [-0.15, -0.1) is 6.58 Å². The molecule has 0 aromatic rings. The summed E-state index contributed by atoms with van der Waals surface area (Å²) in [6.07, 6.45) is 5.90. The van der Waals surface area contributed by atoms with Crippen LogP contribution in [0.2, 0.25) is 0 Å². The highest BCUT2D eigenvalue weighted by atomic mass is 16.3. The van der Waals surface area contributed by atoms with Gasteiger partial charge in [0.1, 0.15) is 0 Å². The van der Waals surface area contributed by atoms with E-state index in [1.165, 1.54) is 6.42 Å². The van der Waals surface area contributed by atoms with E-state index in [0.29, 0.717) is 5.92 Å². The highest BCUT2D eigenvalue weighted by Gasteiger charge is 2.40. The average molecular weight is 140 g/mol. The highest BCUT2D eigenvalue weighted by Crippen LogP contribution is 2.41. The van der Waals surface area contributed by atoms with E-state index in [1.54, 1.807) is 0 Å². The molecule has 1 rings (SSSR count). The molecule has 0 amide bonds. The number of hydrogen-bond donors (Lipinski definition) is 1. The Balaban J connectivity index is 2.30. The summed E-state index contributed by atoms with van der Waals surface area (Å²) in [4.78, 5) is 0. The van der Waals surface area contributed by atoms with E-state index in [-0.39, 0.29) is 5.60 Å². The van der Waals surface area contributed by atoms with Crippen molar-refractivity contribution in [2.45, 2.75) is 38.2 Å². The Morgan fingerprint density at radius 3 is 2.80 bits per heavy atom. The highest BCUT2D eigenvalue weighted by molar-refractivity contribution is 4.94. The molecule has 0 spiro atoms. The summed E-state index contributed by atoms with van der Waals surface area (Å²) in [5, 5.41) is 9.76. The van der Waals surface area contributed by atoms with Gasteiger partial charge in [0.05, 0.1) is 5.60 Å². The van der Waals surface area contributed by atoms with E-state index >= 15 is 0 Å². The van der Waals surface area contributed by atoms with E-state index in [9.17, 15) is 5.11 Å². The number of aliphatic hydroxyl groups is 1. The van der Waals surface area contributed by atoms with Gasteiger partial charge in [-0.05, 0) is 31.6 Å². The first-order valence-corrected chi connectivity index (χ1v) is 4.02. The second kappa shape index (κ2) is 2.75. The molecule has 1 N–H and O–H groups in total. The lowest BCUT2D eigenvalue weighted by molar-refractivity contribution is -0.0911. The molecule has 58 valence electrons. The molecule has 0 radical (unpaired) electrons. The van der Waals surface area contributed by atoms with Gasteiger partial charge in [0.25, 0.3) is 0 Å². The summed E-state index contributed by atoms with van der Waals surface area (Å²) in [5.41, 5.74) is -0.339. The van der Waals surface area contributed by atoms with Crippen LogP contribution in [0, 0.1) is 5.92 Å². The van der Waals surface area contributed by atoms with Gasteiger partial charge in [0, 0.05) is 0 Å². The summed E-state index contributed by atoms with van der Waals surface area (Å²) in [7, 11) is 0. The zero-order valence-corrected chi connectivity index (χ0v) is 6.64. The van der Waals surface area contributed by atoms with Crippen molar-refractivity contribution >= 4 is 0 Å². The van der Waals surface area contributed by atoms with E-state index in [4.69, 9.17) is 0 Å². The van der Waals surface area contributed by atoms with Gasteiger partial charge in [0.15, 0.2) is 0 Å². The van der Waals surface area contributed by atoms with Crippen LogP contribution in [0.15, 0.2) is 12.7 Å². The fraction of sp³-hybridized carbons (Fsp3) is 0.778. The SMILES string of the molecule is C=CCCC1(O)CCC1C. The summed E-state index contributed by atoms with van der Waals surface area (Å²) in [6.45, 7) is 5.75. The van der Waals surface area contributed by atoms with Crippen molar-refractivity contribution in [3.63, 3.8) is 0 Å². The Kier molecular flexibility index (Phi) is 2.14. The summed E-state index contributed by atoms with van der Waals surface area (Å²) in [5.74, 6) is 0.507. The van der Waals surface area contributed by atoms with E-state index in [1.807, 2.05) is 6.08 Å². The van der Waals surface area contributed by atoms with Crippen LogP contribution in [0.5, 0.6) is 0 Å². The molecule has 0 saturated heterocycles. The molecule has 0 heterocycles. The Labute approximate surface area is 62.8 Å². The Morgan fingerprint density at radius 1 is 1.80 bits per heavy atom. The minimum Gasteiger partial charge on any atom is -0.390 e. The Bertz CT molecular complexity index is 131. The van der Waals surface area contributed by atoms with Gasteiger partial charge in [-0.2, -0.15) is 0 Å². The van der Waals surface area contributed by atoms with E-state index < -0.39 is 0 Å². The molecule has 1 nitrogen and oxygen atoms in total. The van der Waals surface area contributed by atoms with Gasteiger partial charge in [-0.1, -0.05) is 13.0 Å². The molecule has 1 heteroatoms. The van der Waals surface area contributed by atoms with E-state index in [0.717, 1.165) is 19.3 Å². The molecule has 0 bridgehead atoms. The summed E-state index contributed by atoms with van der Waals surface area (Å²) >= 11 is 0. The van der Waals surface area contributed by atoms with Gasteiger partial charge in [-0.25, -0.2) is 0 Å². The fourth-order valence-corrected chi connectivity index (χ4v) is 1.49. The standard InChI is InChI=1S/C9H16O/c1-3-4-6-9(10)7-5-8(9)2/h3,8,10H,1,4-7H2,2H3. The first kappa shape index (κ1) is 7.80. The lowest BCUT2D eigenvalue weighted by atomic mass is 9.68. The Hall–Kier alpha value is -0.300. The molecule has 1 saturated carbocycles. The second-order valence-electron chi connectivity index (χ2n) is 3.37. The molecule has 0 aliphatic heterocycles. The first-order valence-electron chi connectivity index (χ1n) is 4.02. The molecule has 2 unspecified atom stereocenters. The van der Waals surface area contributed by atoms with Crippen LogP contribution in [-0.2, 0) is 0 Å². The Morgan fingerprint density at radius 2 is 2.50 bits per heavy atom. The van der Waals surface area contributed by atoms with Gasteiger partial charge in [-0.3, -0.25) is 0 Å². The summed E-state index contributed by atoms with van der Waals surface area (Å²) < 4.78 is 0. The monoisotopic (exact) mass is 140 g/mol. The zero-order chi connectivity index (χ0) is 7.61. The number of allylic oxidation sites excluding steroid dienone is 1. The number of hydrogen-bond acceptors (Lipinski definition) is 1. The molecule has 2 atom stereocenters. The molecule has 1 aliphatic rings. The molecular weight excluding hydrogens is 124 g/mol. The van der Waals surface area contributed by atoms with Crippen molar-refractivity contribution in [3.05, 3.63) is 12.7 Å². The number of rotatable bonds is 3. The molecule has 1 fully saturated rings. The predicted octanol–water partition coefficient (Wildman–Crippen LogP) is 2.11. The minimum absolute atomic E-state index is 0.339. The fourth-order valence-electron chi connectivity index (χ4n) is 1.49. The first-order chi connectivity index (χ1) is 4.69. The maximum Gasteiger partial charge on any atom is 0.0676 e. The van der Waals surface area contributed by atoms with Gasteiger partial charge in [0.2, 0.25) is 0 Å². The van der Waals surface area contributed by atoms with Crippen molar-refractivity contribution in [2.75, 3.05) is 0 Å². The maximum absolute atomic E-state index is 9.76. The van der Waals surface area contributed by atoms with Crippen LogP contribution in [-0.4, -0.2) is 10.7 Å². The van der Waals surface area contributed by atoms with Crippen LogP contribution in [0.25, 0.3) is 0 Å². The molecule has 1 aliphatic carbocycles. The van der Waals surface area contributed by atoms with E-state index in [2.05, 4.69) is 13.5 Å². The largest absolute Gasteiger partial charge is 0.390 e. The van der Waals surface area contributed by atoms with Crippen molar-refractivity contribution < 1.29 is 5.11 Å². The van der Waals surface area contributed by atoms with Crippen molar-refractivity contribution in [2.24, 2.45) is 5.92 Å². The lowest BCUT2D eigenvalue weighted by Gasteiger charge is -2.43. The average Bonchev–Trinajstić information content (AvgIpc) is 1.97. The molecule has 10 heavy (non-hydrogen) atoms. The second-order valence-corrected chi connectivity index (χ2v) is 3.37. The minimum atomic E-state index is -0.339. The van der Waals surface area contributed by atoms with Crippen LogP contribution in [0.3, 0.4) is 0 Å². The molecule has 0 aromatic heterocycles. The van der Waals surface area contributed by atoms with Gasteiger partial charge >= 0.3 is 0 Å². The zero-order valence-electron chi connectivity index (χ0n) is 6.64. The molecule has 0 aromatic carbocycles. The van der Waals surface area contributed by atoms with Crippen molar-refractivity contribution in [3.8, 4) is 0 Å². The molecular formula is C9H16O. The van der Waals surface area contributed by atoms with Crippen LogP contribution in [0.4, 0.5) is 0 Å². The van der Waals surface area contributed by atoms with Gasteiger partial charge < -0.3 is 5.11 Å². The van der Waals surface area contributed by atoms with Crippen LogP contribution >= 0.6 is 0 Å². The third kappa shape index (κ3) is 1.24. The van der Waals surface area contributed by atoms with Crippen molar-refractivity contribution in [1.29, 1.82) is 0 Å². The third-order valence-corrected chi connectivity index (χ3v) is 2.71. The third-order valence-electron chi connectivity index (χ3n) is 2.71. The van der Waals surface area contributed by atoms with Crippen LogP contribution < -0.4 is 0 Å². The predicted molar refractivity (Wildman–Crippen MR) is 42.8 cm³/mol. The van der Waals surface area contributed by atoms with Crippen molar-refractivity contribution in [1.82, 2.24) is 0 Å². The van der Waals surface area contributed by atoms with Crippen LogP contribution in [0.1, 0.15) is 32.6 Å².